The number of carbonyl (C=O) groups is 2. The molecular weight excluding hydrogens is 346 g/mol. The number of amides is 1. The zero-order valence-electron chi connectivity index (χ0n) is 15.5. The summed E-state index contributed by atoms with van der Waals surface area (Å²) < 4.78 is 7.13. The lowest BCUT2D eigenvalue weighted by atomic mass is 9.54. The summed E-state index contributed by atoms with van der Waals surface area (Å²) in [6.07, 6.45) is 10.0. The van der Waals surface area contributed by atoms with E-state index in [1.807, 2.05) is 0 Å². The summed E-state index contributed by atoms with van der Waals surface area (Å²) in [5, 5.41) is 16.5. The van der Waals surface area contributed by atoms with Crippen LogP contribution >= 0.6 is 0 Å². The van der Waals surface area contributed by atoms with Gasteiger partial charge in [-0.1, -0.05) is 0 Å². The van der Waals surface area contributed by atoms with E-state index in [0.717, 1.165) is 24.7 Å². The highest BCUT2D eigenvalue weighted by atomic mass is 16.5. The van der Waals surface area contributed by atoms with Crippen molar-refractivity contribution >= 4 is 11.9 Å². The molecule has 5 fully saturated rings. The molecule has 0 aromatic carbocycles. The maximum atomic E-state index is 13.0. The van der Waals surface area contributed by atoms with Crippen molar-refractivity contribution in [3.05, 3.63) is 11.8 Å². The van der Waals surface area contributed by atoms with Gasteiger partial charge in [-0.15, -0.1) is 0 Å². The Balaban J connectivity index is 1.33. The Hall–Kier alpha value is -2.05. The normalized spacial score (nSPS) is 33.9. The van der Waals surface area contributed by atoms with E-state index >= 15 is 0 Å². The van der Waals surface area contributed by atoms with Crippen LogP contribution in [0.1, 0.15) is 55.3 Å². The SMILES string of the molecule is O=C(O)Cn1ncc(C(=O)NC2C3CC4CC(C3)CC2C4)c1OCC1CC1. The summed E-state index contributed by atoms with van der Waals surface area (Å²) in [7, 11) is 0. The van der Waals surface area contributed by atoms with Crippen molar-refractivity contribution in [2.24, 2.45) is 29.6 Å². The van der Waals surface area contributed by atoms with Gasteiger partial charge in [0.1, 0.15) is 12.1 Å². The molecule has 7 nitrogen and oxygen atoms in total. The highest BCUT2D eigenvalue weighted by Crippen LogP contribution is 2.53. The number of aliphatic carboxylic acids is 1. The average molecular weight is 373 g/mol. The zero-order chi connectivity index (χ0) is 18.5. The van der Waals surface area contributed by atoms with E-state index in [9.17, 15) is 9.59 Å². The smallest absolute Gasteiger partial charge is 0.325 e. The first-order valence-corrected chi connectivity index (χ1v) is 10.3. The number of aromatic nitrogens is 2. The van der Waals surface area contributed by atoms with E-state index in [0.29, 0.717) is 35.8 Å². The quantitative estimate of drug-likeness (QED) is 0.765. The number of rotatable bonds is 7. The molecule has 5 aliphatic carbocycles. The molecule has 0 radical (unpaired) electrons. The molecule has 0 saturated heterocycles. The Bertz CT molecular complexity index is 726. The minimum Gasteiger partial charge on any atom is -0.480 e. The van der Waals surface area contributed by atoms with E-state index in [-0.39, 0.29) is 18.5 Å². The number of hydrogen-bond acceptors (Lipinski definition) is 4. The highest BCUT2D eigenvalue weighted by molar-refractivity contribution is 5.96. The van der Waals surface area contributed by atoms with Gasteiger partial charge in [-0.25, -0.2) is 4.68 Å². The Morgan fingerprint density at radius 1 is 1.15 bits per heavy atom. The lowest BCUT2D eigenvalue weighted by Gasteiger charge is -2.54. The highest BCUT2D eigenvalue weighted by Gasteiger charge is 2.48. The molecule has 0 unspecified atom stereocenters. The van der Waals surface area contributed by atoms with Crippen molar-refractivity contribution < 1.29 is 19.4 Å². The summed E-state index contributed by atoms with van der Waals surface area (Å²) in [6.45, 7) is 0.217. The van der Waals surface area contributed by atoms with Crippen molar-refractivity contribution in [3.63, 3.8) is 0 Å². The van der Waals surface area contributed by atoms with Crippen LogP contribution in [0.5, 0.6) is 5.88 Å². The molecule has 7 heteroatoms. The predicted molar refractivity (Wildman–Crippen MR) is 96.4 cm³/mol. The zero-order valence-corrected chi connectivity index (χ0v) is 15.5. The second kappa shape index (κ2) is 6.53. The van der Waals surface area contributed by atoms with Gasteiger partial charge in [0, 0.05) is 6.04 Å². The minimum atomic E-state index is -0.998. The fourth-order valence-electron chi connectivity index (χ4n) is 5.79. The molecule has 2 N–H and O–H groups in total. The second-order valence-electron chi connectivity index (χ2n) is 9.10. The van der Waals surface area contributed by atoms with Crippen molar-refractivity contribution in [2.45, 2.75) is 57.5 Å². The van der Waals surface area contributed by atoms with E-state index in [1.54, 1.807) is 0 Å². The molecule has 5 saturated carbocycles. The molecule has 6 rings (SSSR count). The first-order valence-electron chi connectivity index (χ1n) is 10.3. The summed E-state index contributed by atoms with van der Waals surface area (Å²) in [4.78, 5) is 24.1. The van der Waals surface area contributed by atoms with Crippen LogP contribution in [0, 0.1) is 29.6 Å². The molecule has 1 aromatic rings. The number of hydrogen-bond donors (Lipinski definition) is 2. The van der Waals surface area contributed by atoms with Gasteiger partial charge in [0.2, 0.25) is 5.88 Å². The van der Waals surface area contributed by atoms with Crippen LogP contribution in [0.2, 0.25) is 0 Å². The second-order valence-corrected chi connectivity index (χ2v) is 9.10. The number of ether oxygens (including phenoxy) is 1. The van der Waals surface area contributed by atoms with Crippen LogP contribution < -0.4 is 10.1 Å². The third-order valence-electron chi connectivity index (χ3n) is 7.00. The average Bonchev–Trinajstić information content (AvgIpc) is 3.36. The first kappa shape index (κ1) is 17.1. The largest absolute Gasteiger partial charge is 0.480 e. The van der Waals surface area contributed by atoms with Gasteiger partial charge >= 0.3 is 5.97 Å². The molecule has 5 aliphatic rings. The van der Waals surface area contributed by atoms with Crippen LogP contribution in [0.3, 0.4) is 0 Å². The third-order valence-corrected chi connectivity index (χ3v) is 7.00. The summed E-state index contributed by atoms with van der Waals surface area (Å²) in [5.41, 5.74) is 0.366. The minimum absolute atomic E-state index is 0.171. The molecule has 0 atom stereocenters. The van der Waals surface area contributed by atoms with Gasteiger partial charge in [-0.2, -0.15) is 5.10 Å². The fraction of sp³-hybridized carbons (Fsp3) is 0.750. The van der Waals surface area contributed by atoms with Crippen molar-refractivity contribution in [2.75, 3.05) is 6.61 Å². The van der Waals surface area contributed by atoms with Crippen molar-refractivity contribution in [1.29, 1.82) is 0 Å². The van der Waals surface area contributed by atoms with E-state index < -0.39 is 5.97 Å². The Kier molecular flexibility index (Phi) is 4.13. The number of nitrogens with zero attached hydrogens (tertiary/aromatic N) is 2. The first-order chi connectivity index (χ1) is 13.1. The fourth-order valence-corrected chi connectivity index (χ4v) is 5.79. The third kappa shape index (κ3) is 3.32. The van der Waals surface area contributed by atoms with Gasteiger partial charge in [-0.3, -0.25) is 9.59 Å². The summed E-state index contributed by atoms with van der Waals surface area (Å²) in [5.74, 6) is 2.54. The molecule has 1 heterocycles. The number of carboxylic acids is 1. The molecule has 146 valence electrons. The van der Waals surface area contributed by atoms with E-state index in [2.05, 4.69) is 10.4 Å². The lowest BCUT2D eigenvalue weighted by molar-refractivity contribution is -0.138. The Morgan fingerprint density at radius 3 is 2.41 bits per heavy atom. The molecule has 1 amide bonds. The van der Waals surface area contributed by atoms with Gasteiger partial charge < -0.3 is 15.2 Å². The molecule has 1 aromatic heterocycles. The van der Waals surface area contributed by atoms with Crippen LogP contribution in [-0.4, -0.2) is 39.4 Å². The number of nitrogens with one attached hydrogen (secondary N) is 1. The molecule has 0 aliphatic heterocycles. The molecule has 0 spiro atoms. The van der Waals surface area contributed by atoms with Gasteiger partial charge in [0.25, 0.3) is 5.91 Å². The maximum absolute atomic E-state index is 13.0. The van der Waals surface area contributed by atoms with Crippen molar-refractivity contribution in [1.82, 2.24) is 15.1 Å². The topological polar surface area (TPSA) is 93.5 Å². The Labute approximate surface area is 158 Å². The number of carbonyl (C=O) groups excluding carboxylic acids is 1. The van der Waals surface area contributed by atoms with Gasteiger partial charge in [0.05, 0.1) is 12.8 Å². The standard InChI is InChI=1S/C20H27N3O4/c24-17(25)9-23-20(27-10-11-1-2-11)16(8-21-23)19(26)22-18-14-4-12-3-13(6-14)7-15(18)5-12/h8,11-15,18H,1-7,9-10H2,(H,22,26)(H,24,25). The van der Waals surface area contributed by atoms with Gasteiger partial charge in [0.15, 0.2) is 0 Å². The van der Waals surface area contributed by atoms with Crippen LogP contribution in [0.4, 0.5) is 0 Å². The van der Waals surface area contributed by atoms with Gasteiger partial charge in [-0.05, 0) is 74.5 Å². The molecule has 4 bridgehead atoms. The summed E-state index contributed by atoms with van der Waals surface area (Å²) >= 11 is 0. The molecule has 27 heavy (non-hydrogen) atoms. The number of carboxylic acid groups (broad SMARTS) is 1. The van der Waals surface area contributed by atoms with E-state index in [4.69, 9.17) is 9.84 Å². The predicted octanol–water partition coefficient (Wildman–Crippen LogP) is 2.31. The monoisotopic (exact) mass is 373 g/mol. The Morgan fingerprint density at radius 2 is 1.81 bits per heavy atom. The van der Waals surface area contributed by atoms with Crippen LogP contribution in [-0.2, 0) is 11.3 Å². The summed E-state index contributed by atoms with van der Waals surface area (Å²) in [6, 6.07) is 0.240. The van der Waals surface area contributed by atoms with E-state index in [1.165, 1.54) is 43.0 Å². The van der Waals surface area contributed by atoms with Crippen LogP contribution in [0.15, 0.2) is 6.20 Å². The van der Waals surface area contributed by atoms with Crippen LogP contribution in [0.25, 0.3) is 0 Å². The van der Waals surface area contributed by atoms with Crippen molar-refractivity contribution in [3.8, 4) is 5.88 Å². The maximum Gasteiger partial charge on any atom is 0.325 e. The molecular formula is C20H27N3O4. The lowest BCUT2D eigenvalue weighted by Crippen LogP contribution is -2.55.